The molecule has 0 saturated carbocycles. The van der Waals surface area contributed by atoms with Crippen LogP contribution in [-0.4, -0.2) is 24.5 Å². The monoisotopic (exact) mass is 114 g/mol. The van der Waals surface area contributed by atoms with Gasteiger partial charge in [-0.25, -0.2) is 5.01 Å². The predicted octanol–water partition coefficient (Wildman–Crippen LogP) is -0.670. The molecule has 0 bridgehead atoms. The summed E-state index contributed by atoms with van der Waals surface area (Å²) in [5, 5.41) is 7.99. The van der Waals surface area contributed by atoms with Crippen LogP contribution in [0, 0.1) is 0 Å². The number of hydrogen-bond donors (Lipinski definition) is 1. The van der Waals surface area contributed by atoms with Crippen LogP contribution < -0.4 is 5.43 Å². The molecule has 0 unspecified atom stereocenters. The summed E-state index contributed by atoms with van der Waals surface area (Å²) in [6.45, 7) is 0.250. The average molecular weight is 114 g/mol. The van der Waals surface area contributed by atoms with Gasteiger partial charge in [-0.2, -0.15) is 0 Å². The Hall–Kier alpha value is -1.13. The van der Waals surface area contributed by atoms with Crippen molar-refractivity contribution in [3.8, 4) is 0 Å². The van der Waals surface area contributed by atoms with Crippen molar-refractivity contribution in [3.05, 3.63) is 0 Å². The molecule has 1 rings (SSSR count). The summed E-state index contributed by atoms with van der Waals surface area (Å²) in [5.74, 6) is -0.0694. The first-order chi connectivity index (χ1) is 3.80. The van der Waals surface area contributed by atoms with Gasteiger partial charge in [0.2, 0.25) is 0 Å². The highest BCUT2D eigenvalue weighted by Gasteiger charge is 2.09. The Balaban J connectivity index is 2.60. The van der Waals surface area contributed by atoms with Crippen LogP contribution in [0.1, 0.15) is 0 Å². The molecule has 1 heterocycles. The molecule has 0 aliphatic carbocycles. The zero-order chi connectivity index (χ0) is 5.98. The zero-order valence-corrected chi connectivity index (χ0v) is 4.46. The van der Waals surface area contributed by atoms with Crippen LogP contribution in [0.2, 0.25) is 0 Å². The van der Waals surface area contributed by atoms with E-state index in [0.717, 1.165) is 0 Å². The van der Waals surface area contributed by atoms with Crippen LogP contribution in [0.5, 0.6) is 0 Å². The van der Waals surface area contributed by atoms with E-state index in [9.17, 15) is 4.79 Å². The summed E-state index contributed by atoms with van der Waals surface area (Å²) >= 11 is 0. The summed E-state index contributed by atoms with van der Waals surface area (Å²) in [6.07, 6.45) is 0. The van der Waals surface area contributed by atoms with Crippen molar-refractivity contribution in [2.75, 3.05) is 13.6 Å². The van der Waals surface area contributed by atoms with Gasteiger partial charge in [-0.05, 0) is 5.22 Å². The minimum absolute atomic E-state index is 0.0694. The summed E-state index contributed by atoms with van der Waals surface area (Å²) in [6, 6.07) is 0. The molecule has 44 valence electrons. The second kappa shape index (κ2) is 1.77. The lowest BCUT2D eigenvalue weighted by molar-refractivity contribution is -0.130. The van der Waals surface area contributed by atoms with Gasteiger partial charge in [-0.15, -0.1) is 0 Å². The Morgan fingerprint density at radius 1 is 1.88 bits per heavy atom. The second-order valence-electron chi connectivity index (χ2n) is 1.44. The molecule has 0 spiro atoms. The van der Waals surface area contributed by atoms with E-state index in [4.69, 9.17) is 0 Å². The van der Waals surface area contributed by atoms with Gasteiger partial charge in [-0.3, -0.25) is 10.2 Å². The first kappa shape index (κ1) is 5.02. The van der Waals surface area contributed by atoms with Crippen molar-refractivity contribution < 1.29 is 4.79 Å². The van der Waals surface area contributed by atoms with Crippen LogP contribution in [0.15, 0.2) is 10.4 Å². The number of rotatable bonds is 0. The Kier molecular flexibility index (Phi) is 1.11. The molecule has 5 nitrogen and oxygen atoms in total. The number of carbonyl (C=O) groups is 1. The number of hydrogen-bond acceptors (Lipinski definition) is 4. The molecule has 1 aliphatic heterocycles. The minimum Gasteiger partial charge on any atom is -0.281 e. The first-order valence-corrected chi connectivity index (χ1v) is 2.21. The van der Waals surface area contributed by atoms with Gasteiger partial charge in [0, 0.05) is 7.05 Å². The number of nitrogens with one attached hydrogen (secondary N) is 1. The van der Waals surface area contributed by atoms with Gasteiger partial charge in [-0.1, -0.05) is 5.22 Å². The van der Waals surface area contributed by atoms with Crippen LogP contribution in [0.25, 0.3) is 0 Å². The molecule has 1 aliphatic rings. The molecule has 0 atom stereocenters. The molecule has 0 aromatic carbocycles. The largest absolute Gasteiger partial charge is 0.281 e. The third kappa shape index (κ3) is 0.749. The number of carbonyl (C=O) groups excluding carboxylic acids is 1. The minimum atomic E-state index is -0.0694. The molecular weight excluding hydrogens is 108 g/mol. The SMILES string of the molecule is CN1N=NNCC1=O. The van der Waals surface area contributed by atoms with E-state index in [2.05, 4.69) is 15.9 Å². The van der Waals surface area contributed by atoms with E-state index < -0.39 is 0 Å². The van der Waals surface area contributed by atoms with Crippen molar-refractivity contribution in [2.45, 2.75) is 0 Å². The van der Waals surface area contributed by atoms with Gasteiger partial charge in [0.25, 0.3) is 5.91 Å². The van der Waals surface area contributed by atoms with E-state index in [1.807, 2.05) is 0 Å². The van der Waals surface area contributed by atoms with E-state index in [1.165, 1.54) is 5.01 Å². The Morgan fingerprint density at radius 2 is 2.62 bits per heavy atom. The van der Waals surface area contributed by atoms with Crippen molar-refractivity contribution in [1.29, 1.82) is 0 Å². The molecular formula is C3H6N4O. The fraction of sp³-hybridized carbons (Fsp3) is 0.667. The molecule has 0 radical (unpaired) electrons. The van der Waals surface area contributed by atoms with E-state index >= 15 is 0 Å². The van der Waals surface area contributed by atoms with Crippen molar-refractivity contribution in [1.82, 2.24) is 10.4 Å². The van der Waals surface area contributed by atoms with Crippen LogP contribution in [-0.2, 0) is 4.79 Å². The van der Waals surface area contributed by atoms with Crippen LogP contribution >= 0.6 is 0 Å². The smallest absolute Gasteiger partial charge is 0.264 e. The molecule has 5 heteroatoms. The predicted molar refractivity (Wildman–Crippen MR) is 25.6 cm³/mol. The van der Waals surface area contributed by atoms with Crippen molar-refractivity contribution in [3.63, 3.8) is 0 Å². The van der Waals surface area contributed by atoms with Gasteiger partial charge in [0.05, 0.1) is 0 Å². The van der Waals surface area contributed by atoms with E-state index in [-0.39, 0.29) is 12.5 Å². The third-order valence-corrected chi connectivity index (χ3v) is 0.841. The maximum atomic E-state index is 10.5. The van der Waals surface area contributed by atoms with Crippen LogP contribution in [0.3, 0.4) is 0 Å². The maximum absolute atomic E-state index is 10.5. The normalized spacial score (nSPS) is 18.6. The quantitative estimate of drug-likeness (QED) is 0.454. The molecule has 0 aromatic rings. The maximum Gasteiger partial charge on any atom is 0.264 e. The van der Waals surface area contributed by atoms with E-state index in [1.54, 1.807) is 7.05 Å². The molecule has 8 heavy (non-hydrogen) atoms. The van der Waals surface area contributed by atoms with Crippen molar-refractivity contribution in [2.24, 2.45) is 10.4 Å². The summed E-state index contributed by atoms with van der Waals surface area (Å²) < 4.78 is 0. The van der Waals surface area contributed by atoms with E-state index in [0.29, 0.717) is 0 Å². The van der Waals surface area contributed by atoms with Gasteiger partial charge in [0.1, 0.15) is 6.54 Å². The average Bonchev–Trinajstić information content (AvgIpc) is 1.77. The molecule has 0 aromatic heterocycles. The second-order valence-corrected chi connectivity index (χ2v) is 1.44. The molecule has 1 amide bonds. The number of nitrogens with zero attached hydrogens (tertiary/aromatic N) is 3. The summed E-state index contributed by atoms with van der Waals surface area (Å²) in [7, 11) is 1.56. The molecule has 1 N–H and O–H groups in total. The summed E-state index contributed by atoms with van der Waals surface area (Å²) in [5.41, 5.74) is 2.43. The topological polar surface area (TPSA) is 57.1 Å². The van der Waals surface area contributed by atoms with Gasteiger partial charge < -0.3 is 0 Å². The van der Waals surface area contributed by atoms with Crippen molar-refractivity contribution >= 4 is 5.91 Å². The highest BCUT2D eigenvalue weighted by Crippen LogP contribution is 1.89. The van der Waals surface area contributed by atoms with Gasteiger partial charge in [0.15, 0.2) is 0 Å². The zero-order valence-electron chi connectivity index (χ0n) is 4.46. The lowest BCUT2D eigenvalue weighted by Gasteiger charge is -2.12. The summed E-state index contributed by atoms with van der Waals surface area (Å²) in [4.78, 5) is 10.5. The Labute approximate surface area is 46.3 Å². The third-order valence-electron chi connectivity index (χ3n) is 0.841. The number of likely N-dealkylation sites (N-methyl/N-ethyl adjacent to an activating group) is 1. The molecule has 0 fully saturated rings. The number of amides is 1. The highest BCUT2D eigenvalue weighted by molar-refractivity contribution is 5.77. The Bertz CT molecular complexity index is 131. The standard InChI is InChI=1S/C3H6N4O/c1-7-3(8)2-4-5-6-7/h2H2,1H3,(H,4,6). The Morgan fingerprint density at radius 3 is 3.00 bits per heavy atom. The lowest BCUT2D eigenvalue weighted by Crippen LogP contribution is -2.34. The van der Waals surface area contributed by atoms with Gasteiger partial charge >= 0.3 is 0 Å². The lowest BCUT2D eigenvalue weighted by atomic mass is 10.6. The fourth-order valence-electron chi connectivity index (χ4n) is 0.366. The van der Waals surface area contributed by atoms with Crippen LogP contribution in [0.4, 0.5) is 0 Å². The molecule has 0 saturated heterocycles. The first-order valence-electron chi connectivity index (χ1n) is 2.21. The highest BCUT2D eigenvalue weighted by atomic mass is 16.2. The fourth-order valence-corrected chi connectivity index (χ4v) is 0.366.